The first kappa shape index (κ1) is 19.7. The fourth-order valence-electron chi connectivity index (χ4n) is 2.70. The Hall–Kier alpha value is -1.67. The van der Waals surface area contributed by atoms with E-state index in [2.05, 4.69) is 0 Å². The molecule has 0 bridgehead atoms. The molecule has 25 heavy (non-hydrogen) atoms. The third-order valence-corrected chi connectivity index (χ3v) is 5.93. The Kier molecular flexibility index (Phi) is 5.73. The molecule has 0 unspecified atom stereocenters. The number of halogens is 1. The van der Waals surface area contributed by atoms with E-state index < -0.39 is 15.8 Å². The van der Waals surface area contributed by atoms with Gasteiger partial charge in [0.2, 0.25) is 15.9 Å². The van der Waals surface area contributed by atoms with Crippen molar-refractivity contribution >= 4 is 15.9 Å². The van der Waals surface area contributed by atoms with Crippen LogP contribution in [0.1, 0.15) is 27.2 Å². The van der Waals surface area contributed by atoms with Crippen LogP contribution < -0.4 is 4.74 Å². The number of hydrogen-bond donors (Lipinski definition) is 0. The highest BCUT2D eigenvalue weighted by Gasteiger charge is 2.31. The largest absolute Gasteiger partial charge is 0.494 e. The summed E-state index contributed by atoms with van der Waals surface area (Å²) in [4.78, 5) is 13.8. The molecule has 1 saturated heterocycles. The van der Waals surface area contributed by atoms with E-state index in [-0.39, 0.29) is 35.1 Å². The molecule has 1 fully saturated rings. The molecule has 1 amide bonds. The fraction of sp³-hybridized carbons (Fsp3) is 0.588. The molecule has 0 aliphatic carbocycles. The van der Waals surface area contributed by atoms with Gasteiger partial charge in [0, 0.05) is 32.6 Å². The highest BCUT2D eigenvalue weighted by molar-refractivity contribution is 7.89. The second-order valence-corrected chi connectivity index (χ2v) is 9.26. The molecule has 0 saturated carbocycles. The molecule has 0 spiro atoms. The van der Waals surface area contributed by atoms with Gasteiger partial charge >= 0.3 is 0 Å². The number of sulfonamides is 1. The summed E-state index contributed by atoms with van der Waals surface area (Å²) in [5.74, 6) is -0.695. The number of nitrogens with zero attached hydrogens (tertiary/aromatic N) is 2. The average molecular weight is 372 g/mol. The minimum Gasteiger partial charge on any atom is -0.494 e. The maximum atomic E-state index is 13.8. The molecule has 0 aromatic heterocycles. The van der Waals surface area contributed by atoms with Crippen molar-refractivity contribution in [3.63, 3.8) is 0 Å². The lowest BCUT2D eigenvalue weighted by Gasteiger charge is -2.35. The van der Waals surface area contributed by atoms with Crippen LogP contribution in [-0.4, -0.2) is 56.8 Å². The van der Waals surface area contributed by atoms with Gasteiger partial charge in [-0.05, 0) is 23.6 Å². The predicted octanol–water partition coefficient (Wildman–Crippen LogP) is 2.10. The SMILES string of the molecule is COc1ccc(S(=O)(=O)N2CCN(C(=O)CC(C)(C)C)CC2)cc1F. The van der Waals surface area contributed by atoms with Crippen molar-refractivity contribution in [3.05, 3.63) is 24.0 Å². The second-order valence-electron chi connectivity index (χ2n) is 7.32. The summed E-state index contributed by atoms with van der Waals surface area (Å²) in [5, 5.41) is 0. The van der Waals surface area contributed by atoms with Crippen molar-refractivity contribution in [3.8, 4) is 5.75 Å². The summed E-state index contributed by atoms with van der Waals surface area (Å²) in [5.41, 5.74) is -0.110. The van der Waals surface area contributed by atoms with E-state index in [4.69, 9.17) is 4.74 Å². The monoisotopic (exact) mass is 372 g/mol. The average Bonchev–Trinajstić information content (AvgIpc) is 2.53. The van der Waals surface area contributed by atoms with Crippen LogP contribution >= 0.6 is 0 Å². The first-order valence-electron chi connectivity index (χ1n) is 8.16. The maximum absolute atomic E-state index is 13.8. The number of benzene rings is 1. The first-order valence-corrected chi connectivity index (χ1v) is 9.60. The van der Waals surface area contributed by atoms with E-state index in [1.54, 1.807) is 4.90 Å². The van der Waals surface area contributed by atoms with Crippen molar-refractivity contribution in [1.29, 1.82) is 0 Å². The summed E-state index contributed by atoms with van der Waals surface area (Å²) in [6.07, 6.45) is 0.420. The Morgan fingerprint density at radius 3 is 2.28 bits per heavy atom. The molecule has 0 N–H and O–H groups in total. The third-order valence-electron chi connectivity index (χ3n) is 4.03. The lowest BCUT2D eigenvalue weighted by atomic mass is 9.91. The number of carbonyl (C=O) groups excluding carboxylic acids is 1. The van der Waals surface area contributed by atoms with Crippen LogP contribution in [0, 0.1) is 11.2 Å². The van der Waals surface area contributed by atoms with Crippen molar-refractivity contribution in [2.75, 3.05) is 33.3 Å². The lowest BCUT2D eigenvalue weighted by Crippen LogP contribution is -2.51. The van der Waals surface area contributed by atoms with Crippen LogP contribution in [-0.2, 0) is 14.8 Å². The molecule has 0 radical (unpaired) electrons. The zero-order valence-corrected chi connectivity index (χ0v) is 15.9. The normalized spacial score (nSPS) is 16.8. The molecule has 1 heterocycles. The molecule has 6 nitrogen and oxygen atoms in total. The third kappa shape index (κ3) is 4.70. The second kappa shape index (κ2) is 7.29. The minimum atomic E-state index is -3.79. The standard InChI is InChI=1S/C17H25FN2O4S/c1-17(2,3)12-16(21)19-7-9-20(10-8-19)25(22,23)13-5-6-15(24-4)14(18)11-13/h5-6,11H,7-10,12H2,1-4H3. The smallest absolute Gasteiger partial charge is 0.243 e. The summed E-state index contributed by atoms with van der Waals surface area (Å²) in [7, 11) is -2.47. The van der Waals surface area contributed by atoms with Crippen LogP contribution in [0.2, 0.25) is 0 Å². The Morgan fingerprint density at radius 2 is 1.80 bits per heavy atom. The molecule has 2 rings (SSSR count). The quantitative estimate of drug-likeness (QED) is 0.812. The maximum Gasteiger partial charge on any atom is 0.243 e. The van der Waals surface area contributed by atoms with E-state index in [0.717, 1.165) is 6.07 Å². The van der Waals surface area contributed by atoms with E-state index in [9.17, 15) is 17.6 Å². The molecular weight excluding hydrogens is 347 g/mol. The van der Waals surface area contributed by atoms with Gasteiger partial charge in [-0.25, -0.2) is 12.8 Å². The molecule has 1 aliphatic rings. The molecular formula is C17H25FN2O4S. The summed E-state index contributed by atoms with van der Waals surface area (Å²) < 4.78 is 45.2. The Labute approximate surface area is 148 Å². The Morgan fingerprint density at radius 1 is 1.20 bits per heavy atom. The highest BCUT2D eigenvalue weighted by atomic mass is 32.2. The van der Waals surface area contributed by atoms with Gasteiger partial charge in [0.05, 0.1) is 12.0 Å². The molecule has 8 heteroatoms. The van der Waals surface area contributed by atoms with E-state index in [0.29, 0.717) is 19.5 Å². The lowest BCUT2D eigenvalue weighted by molar-refractivity contribution is -0.134. The number of hydrogen-bond acceptors (Lipinski definition) is 4. The molecule has 1 aromatic rings. The zero-order valence-electron chi connectivity index (χ0n) is 15.1. The Balaban J connectivity index is 2.06. The van der Waals surface area contributed by atoms with Crippen LogP contribution in [0.5, 0.6) is 5.75 Å². The topological polar surface area (TPSA) is 66.9 Å². The molecule has 1 aliphatic heterocycles. The number of ether oxygens (including phenoxy) is 1. The van der Waals surface area contributed by atoms with Gasteiger partial charge in [-0.3, -0.25) is 4.79 Å². The van der Waals surface area contributed by atoms with Crippen LogP contribution in [0.3, 0.4) is 0 Å². The number of amides is 1. The van der Waals surface area contributed by atoms with Gasteiger partial charge in [0.1, 0.15) is 0 Å². The minimum absolute atomic E-state index is 0.00320. The summed E-state index contributed by atoms with van der Waals surface area (Å²) >= 11 is 0. The van der Waals surface area contributed by atoms with Crippen LogP contribution in [0.15, 0.2) is 23.1 Å². The van der Waals surface area contributed by atoms with Gasteiger partial charge in [-0.1, -0.05) is 20.8 Å². The predicted molar refractivity (Wildman–Crippen MR) is 92.4 cm³/mol. The van der Waals surface area contributed by atoms with Gasteiger partial charge in [-0.15, -0.1) is 0 Å². The highest BCUT2D eigenvalue weighted by Crippen LogP contribution is 2.25. The first-order chi connectivity index (χ1) is 11.5. The fourth-order valence-corrected chi connectivity index (χ4v) is 4.13. The number of carbonyl (C=O) groups is 1. The van der Waals surface area contributed by atoms with Crippen molar-refractivity contribution in [1.82, 2.24) is 9.21 Å². The van der Waals surface area contributed by atoms with Gasteiger partial charge < -0.3 is 9.64 Å². The van der Waals surface area contributed by atoms with Gasteiger partial charge in [0.25, 0.3) is 0 Å². The number of methoxy groups -OCH3 is 1. The van der Waals surface area contributed by atoms with Crippen LogP contribution in [0.25, 0.3) is 0 Å². The van der Waals surface area contributed by atoms with Crippen molar-refractivity contribution in [2.45, 2.75) is 32.1 Å². The summed E-state index contributed by atoms with van der Waals surface area (Å²) in [6.45, 7) is 7.05. The van der Waals surface area contributed by atoms with E-state index in [1.807, 2.05) is 20.8 Å². The van der Waals surface area contributed by atoms with Crippen molar-refractivity contribution in [2.24, 2.45) is 5.41 Å². The van der Waals surface area contributed by atoms with E-state index in [1.165, 1.54) is 23.5 Å². The summed E-state index contributed by atoms with van der Waals surface area (Å²) in [6, 6.07) is 3.59. The molecule has 1 aromatic carbocycles. The van der Waals surface area contributed by atoms with Gasteiger partial charge in [-0.2, -0.15) is 4.31 Å². The van der Waals surface area contributed by atoms with Crippen molar-refractivity contribution < 1.29 is 22.3 Å². The number of rotatable bonds is 4. The van der Waals surface area contributed by atoms with Gasteiger partial charge in [0.15, 0.2) is 11.6 Å². The van der Waals surface area contributed by atoms with Crippen LogP contribution in [0.4, 0.5) is 4.39 Å². The Bertz CT molecular complexity index is 736. The molecule has 0 atom stereocenters. The zero-order chi connectivity index (χ0) is 18.8. The van der Waals surface area contributed by atoms with E-state index >= 15 is 0 Å². The number of piperazine rings is 1. The molecule has 140 valence electrons.